The predicted octanol–water partition coefficient (Wildman–Crippen LogP) is 0.935. The maximum absolute atomic E-state index is 12.0. The van der Waals surface area contributed by atoms with Gasteiger partial charge in [0, 0.05) is 29.9 Å². The minimum absolute atomic E-state index is 0.253. The molecule has 0 aliphatic heterocycles. The van der Waals surface area contributed by atoms with Crippen LogP contribution in [0.15, 0.2) is 30.3 Å². The predicted molar refractivity (Wildman–Crippen MR) is 76.2 cm³/mol. The fourth-order valence-electron chi connectivity index (χ4n) is 2.19. The lowest BCUT2D eigenvalue weighted by atomic mass is 10.1. The Bertz CT molecular complexity index is 619. The molecule has 1 aliphatic rings. The zero-order valence-corrected chi connectivity index (χ0v) is 11.0. The highest BCUT2D eigenvalue weighted by atomic mass is 16.1. The van der Waals surface area contributed by atoms with Crippen molar-refractivity contribution >= 4 is 11.6 Å². The van der Waals surface area contributed by atoms with Crippen LogP contribution in [-0.2, 0) is 6.54 Å². The summed E-state index contributed by atoms with van der Waals surface area (Å²) >= 11 is 0. The number of nitrogens with zero attached hydrogens (tertiary/aromatic N) is 1. The monoisotopic (exact) mass is 271 g/mol. The van der Waals surface area contributed by atoms with E-state index in [0.717, 1.165) is 17.8 Å². The minimum atomic E-state index is -0.253. The number of benzene rings is 1. The fraction of sp³-hybridized carbons (Fsp3) is 0.286. The largest absolute Gasteiger partial charge is 0.327 e. The molecule has 0 radical (unpaired) electrons. The number of amides is 1. The normalized spacial score (nSPS) is 20.7. The molecule has 1 aromatic heterocycles. The molecule has 1 aromatic carbocycles. The number of nitrogens with two attached hydrogens (primary N) is 2. The molecule has 1 amide bonds. The van der Waals surface area contributed by atoms with Crippen LogP contribution in [0, 0.1) is 0 Å². The van der Waals surface area contributed by atoms with Crippen LogP contribution < -0.4 is 16.8 Å². The summed E-state index contributed by atoms with van der Waals surface area (Å²) in [5, 5.41) is 9.42. The maximum Gasteiger partial charge on any atom is 0.276 e. The van der Waals surface area contributed by atoms with Gasteiger partial charge in [-0.15, -0.1) is 0 Å². The van der Waals surface area contributed by atoms with Gasteiger partial charge >= 0.3 is 0 Å². The molecular weight excluding hydrogens is 254 g/mol. The molecule has 3 rings (SSSR count). The third-order valence-corrected chi connectivity index (χ3v) is 3.52. The van der Waals surface area contributed by atoms with E-state index in [-0.39, 0.29) is 11.9 Å². The first-order valence-electron chi connectivity index (χ1n) is 6.58. The molecule has 1 heterocycles. The van der Waals surface area contributed by atoms with Crippen LogP contribution in [0.4, 0.5) is 5.69 Å². The molecular formula is C14H17N5O. The molecule has 6 N–H and O–H groups in total. The van der Waals surface area contributed by atoms with Crippen molar-refractivity contribution < 1.29 is 4.79 Å². The summed E-state index contributed by atoms with van der Waals surface area (Å²) in [6, 6.07) is 9.71. The standard InChI is InChI=1S/C14H17N5O/c15-7-10-5-13(19-18-10)14(20)17-9-3-1-8(2-4-9)11-6-12(11)16/h1-5,11-12H,6-7,15-16H2,(H,17,20)(H,18,19)/t11-,12+/m0/s1. The molecule has 2 atom stereocenters. The molecule has 1 aliphatic carbocycles. The summed E-state index contributed by atoms with van der Waals surface area (Å²) in [7, 11) is 0. The second-order valence-corrected chi connectivity index (χ2v) is 5.06. The van der Waals surface area contributed by atoms with Crippen molar-refractivity contribution in [2.24, 2.45) is 11.5 Å². The van der Waals surface area contributed by atoms with Gasteiger partial charge in [-0.05, 0) is 30.2 Å². The number of carbonyl (C=O) groups is 1. The first-order chi connectivity index (χ1) is 9.67. The van der Waals surface area contributed by atoms with Crippen molar-refractivity contribution in [1.29, 1.82) is 0 Å². The highest BCUT2D eigenvalue weighted by Crippen LogP contribution is 2.39. The van der Waals surface area contributed by atoms with Crippen molar-refractivity contribution in [3.63, 3.8) is 0 Å². The smallest absolute Gasteiger partial charge is 0.276 e. The van der Waals surface area contributed by atoms with Gasteiger partial charge in [-0.2, -0.15) is 5.10 Å². The van der Waals surface area contributed by atoms with Crippen molar-refractivity contribution in [2.45, 2.75) is 24.9 Å². The van der Waals surface area contributed by atoms with Crippen LogP contribution in [0.25, 0.3) is 0 Å². The molecule has 6 heteroatoms. The van der Waals surface area contributed by atoms with Crippen LogP contribution in [0.1, 0.15) is 34.1 Å². The summed E-state index contributed by atoms with van der Waals surface area (Å²) in [6.07, 6.45) is 1.04. The van der Waals surface area contributed by atoms with Gasteiger partial charge in [-0.25, -0.2) is 0 Å². The van der Waals surface area contributed by atoms with E-state index in [9.17, 15) is 4.79 Å². The lowest BCUT2D eigenvalue weighted by Gasteiger charge is -2.04. The Morgan fingerprint density at radius 1 is 1.40 bits per heavy atom. The molecule has 20 heavy (non-hydrogen) atoms. The average molecular weight is 271 g/mol. The zero-order chi connectivity index (χ0) is 14.1. The second-order valence-electron chi connectivity index (χ2n) is 5.06. The Hall–Kier alpha value is -2.18. The van der Waals surface area contributed by atoms with Gasteiger partial charge in [0.1, 0.15) is 0 Å². The van der Waals surface area contributed by atoms with Crippen molar-refractivity contribution in [3.8, 4) is 0 Å². The SMILES string of the molecule is NCc1cc(C(=O)Nc2ccc([C@@H]3C[C@H]3N)cc2)n[nH]1. The highest BCUT2D eigenvalue weighted by molar-refractivity contribution is 6.02. The fourth-order valence-corrected chi connectivity index (χ4v) is 2.19. The van der Waals surface area contributed by atoms with E-state index in [1.807, 2.05) is 24.3 Å². The second kappa shape index (κ2) is 5.07. The first kappa shape index (κ1) is 12.8. The van der Waals surface area contributed by atoms with E-state index < -0.39 is 0 Å². The first-order valence-corrected chi connectivity index (χ1v) is 6.58. The Morgan fingerprint density at radius 2 is 2.10 bits per heavy atom. The van der Waals surface area contributed by atoms with Gasteiger partial charge in [0.05, 0.1) is 0 Å². The number of H-pyrrole nitrogens is 1. The lowest BCUT2D eigenvalue weighted by molar-refractivity contribution is 0.102. The van der Waals surface area contributed by atoms with Crippen LogP contribution in [-0.4, -0.2) is 22.1 Å². The summed E-state index contributed by atoms with van der Waals surface area (Å²) in [5.74, 6) is 0.218. The average Bonchev–Trinajstić information content (AvgIpc) is 3.01. The van der Waals surface area contributed by atoms with Crippen LogP contribution in [0.2, 0.25) is 0 Å². The van der Waals surface area contributed by atoms with Gasteiger partial charge in [0.15, 0.2) is 5.69 Å². The molecule has 6 nitrogen and oxygen atoms in total. The lowest BCUT2D eigenvalue weighted by Crippen LogP contribution is -2.12. The number of aromatic amines is 1. The van der Waals surface area contributed by atoms with Crippen molar-refractivity contribution in [1.82, 2.24) is 10.2 Å². The van der Waals surface area contributed by atoms with E-state index >= 15 is 0 Å². The molecule has 2 aromatic rings. The Kier molecular flexibility index (Phi) is 3.25. The number of rotatable bonds is 4. The third-order valence-electron chi connectivity index (χ3n) is 3.52. The van der Waals surface area contributed by atoms with Crippen molar-refractivity contribution in [2.75, 3.05) is 5.32 Å². The van der Waals surface area contributed by atoms with Gasteiger partial charge < -0.3 is 16.8 Å². The highest BCUT2D eigenvalue weighted by Gasteiger charge is 2.34. The van der Waals surface area contributed by atoms with E-state index in [2.05, 4.69) is 15.5 Å². The molecule has 1 fully saturated rings. The Morgan fingerprint density at radius 3 is 2.65 bits per heavy atom. The quantitative estimate of drug-likeness (QED) is 0.663. The Labute approximate surface area is 116 Å². The number of hydrogen-bond donors (Lipinski definition) is 4. The van der Waals surface area contributed by atoms with Gasteiger partial charge in [0.25, 0.3) is 5.91 Å². The van der Waals surface area contributed by atoms with E-state index in [1.165, 1.54) is 5.56 Å². The van der Waals surface area contributed by atoms with Crippen LogP contribution in [0.5, 0.6) is 0 Å². The van der Waals surface area contributed by atoms with Gasteiger partial charge in [-0.1, -0.05) is 12.1 Å². The summed E-state index contributed by atoms with van der Waals surface area (Å²) in [4.78, 5) is 12.0. The van der Waals surface area contributed by atoms with Crippen molar-refractivity contribution in [3.05, 3.63) is 47.3 Å². The maximum atomic E-state index is 12.0. The van der Waals surface area contributed by atoms with Gasteiger partial charge in [0.2, 0.25) is 0 Å². The van der Waals surface area contributed by atoms with E-state index in [4.69, 9.17) is 11.5 Å². The molecule has 1 saturated carbocycles. The molecule has 0 spiro atoms. The number of anilines is 1. The topological polar surface area (TPSA) is 110 Å². The molecule has 104 valence electrons. The minimum Gasteiger partial charge on any atom is -0.327 e. The number of carbonyl (C=O) groups excluding carboxylic acids is 1. The molecule has 0 saturated heterocycles. The van der Waals surface area contributed by atoms with Crippen LogP contribution >= 0.6 is 0 Å². The number of aromatic nitrogens is 2. The van der Waals surface area contributed by atoms with E-state index in [1.54, 1.807) is 6.07 Å². The third kappa shape index (κ3) is 2.56. The molecule has 0 unspecified atom stereocenters. The molecule has 0 bridgehead atoms. The van der Waals surface area contributed by atoms with E-state index in [0.29, 0.717) is 18.2 Å². The summed E-state index contributed by atoms with van der Waals surface area (Å²) in [5.41, 5.74) is 14.3. The van der Waals surface area contributed by atoms with Gasteiger partial charge in [-0.3, -0.25) is 9.89 Å². The summed E-state index contributed by atoms with van der Waals surface area (Å²) in [6.45, 7) is 0.330. The number of nitrogens with one attached hydrogen (secondary N) is 2. The Balaban J connectivity index is 1.66. The summed E-state index contributed by atoms with van der Waals surface area (Å²) < 4.78 is 0. The zero-order valence-electron chi connectivity index (χ0n) is 11.0. The number of hydrogen-bond acceptors (Lipinski definition) is 4. The van der Waals surface area contributed by atoms with Crippen LogP contribution in [0.3, 0.4) is 0 Å².